The molecule has 8 heteroatoms. The van der Waals surface area contributed by atoms with Gasteiger partial charge in [-0.05, 0) is 32.3 Å². The van der Waals surface area contributed by atoms with Gasteiger partial charge in [0.15, 0.2) is 0 Å². The van der Waals surface area contributed by atoms with Crippen LogP contribution >= 0.6 is 0 Å². The molecule has 4 nitrogen and oxygen atoms in total. The van der Waals surface area contributed by atoms with Crippen LogP contribution in [0.25, 0.3) is 0 Å². The molecule has 0 unspecified atom stereocenters. The maximum Gasteiger partial charge on any atom is 0.489 e. The quantitative estimate of drug-likeness (QED) is 0.709. The van der Waals surface area contributed by atoms with E-state index in [9.17, 15) is 18.0 Å². The van der Waals surface area contributed by atoms with Gasteiger partial charge in [0.05, 0.1) is 11.1 Å². The zero-order valence-corrected chi connectivity index (χ0v) is 11.2. The van der Waals surface area contributed by atoms with Gasteiger partial charge in [0, 0.05) is 5.54 Å². The van der Waals surface area contributed by atoms with E-state index in [0.29, 0.717) is 0 Å². The molecule has 0 fully saturated rings. The zero-order chi connectivity index (χ0) is 15.7. The Balaban J connectivity index is 3.44. The first-order chi connectivity index (χ1) is 8.93. The maximum absolute atomic E-state index is 12.9. The van der Waals surface area contributed by atoms with Crippen molar-refractivity contribution in [3.63, 3.8) is 0 Å². The summed E-state index contributed by atoms with van der Waals surface area (Å²) in [5.41, 5.74) is -3.22. The number of carbonyl (C=O) groups excluding carboxylic acids is 1. The Bertz CT molecular complexity index is 510. The second kappa shape index (κ2) is 5.45. The van der Waals surface area contributed by atoms with Gasteiger partial charge in [-0.25, -0.2) is 0 Å². The number of rotatable bonds is 2. The highest BCUT2D eigenvalue weighted by Crippen LogP contribution is 2.31. The molecule has 0 aliphatic heterocycles. The summed E-state index contributed by atoms with van der Waals surface area (Å²) in [5.74, 6) is -1.01. The van der Waals surface area contributed by atoms with Crippen LogP contribution in [0.2, 0.25) is 0 Å². The van der Waals surface area contributed by atoms with Crippen molar-refractivity contribution in [2.75, 3.05) is 0 Å². The van der Waals surface area contributed by atoms with E-state index in [4.69, 9.17) is 10.0 Å². The SMILES string of the molecule is CC(C)(C)NC(=O)c1c(B(O)O)cccc1C(F)(F)F. The summed E-state index contributed by atoms with van der Waals surface area (Å²) in [6, 6.07) is 2.81. The molecule has 3 N–H and O–H groups in total. The number of benzene rings is 1. The molecule has 0 aliphatic rings. The summed E-state index contributed by atoms with van der Waals surface area (Å²) >= 11 is 0. The monoisotopic (exact) mass is 289 g/mol. The number of hydrogen-bond acceptors (Lipinski definition) is 3. The molecule has 1 aromatic carbocycles. The fourth-order valence-corrected chi connectivity index (χ4v) is 1.68. The number of nitrogens with one attached hydrogen (secondary N) is 1. The Morgan fingerprint density at radius 2 is 1.75 bits per heavy atom. The van der Waals surface area contributed by atoms with Crippen LogP contribution in [0, 0.1) is 0 Å². The molecular weight excluding hydrogens is 274 g/mol. The molecule has 0 saturated carbocycles. The summed E-state index contributed by atoms with van der Waals surface area (Å²) in [5, 5.41) is 20.7. The Morgan fingerprint density at radius 3 is 2.15 bits per heavy atom. The Hall–Kier alpha value is -1.54. The lowest BCUT2D eigenvalue weighted by atomic mass is 9.75. The van der Waals surface area contributed by atoms with E-state index in [2.05, 4.69) is 5.32 Å². The molecule has 0 bridgehead atoms. The van der Waals surface area contributed by atoms with Crippen LogP contribution in [0.1, 0.15) is 36.7 Å². The van der Waals surface area contributed by atoms with Crippen molar-refractivity contribution in [3.05, 3.63) is 29.3 Å². The third-order valence-corrected chi connectivity index (χ3v) is 2.40. The summed E-state index contributed by atoms with van der Waals surface area (Å²) < 4.78 is 38.8. The van der Waals surface area contributed by atoms with E-state index in [1.807, 2.05) is 0 Å². The normalized spacial score (nSPS) is 12.2. The van der Waals surface area contributed by atoms with E-state index in [0.717, 1.165) is 18.2 Å². The highest BCUT2D eigenvalue weighted by atomic mass is 19.4. The average Bonchev–Trinajstić information content (AvgIpc) is 2.24. The molecule has 20 heavy (non-hydrogen) atoms. The smallest absolute Gasteiger partial charge is 0.423 e. The third-order valence-electron chi connectivity index (χ3n) is 2.40. The molecule has 1 amide bonds. The van der Waals surface area contributed by atoms with Crippen molar-refractivity contribution >= 4 is 18.5 Å². The second-order valence-electron chi connectivity index (χ2n) is 5.35. The van der Waals surface area contributed by atoms with Gasteiger partial charge in [-0.3, -0.25) is 4.79 Å². The van der Waals surface area contributed by atoms with E-state index in [1.54, 1.807) is 20.8 Å². The number of hydrogen-bond donors (Lipinski definition) is 3. The summed E-state index contributed by atoms with van der Waals surface area (Å²) in [6.45, 7) is 4.82. The van der Waals surface area contributed by atoms with Crippen LogP contribution < -0.4 is 10.8 Å². The highest BCUT2D eigenvalue weighted by Gasteiger charge is 2.38. The molecule has 0 aromatic heterocycles. The summed E-state index contributed by atoms with van der Waals surface area (Å²) in [7, 11) is -2.17. The van der Waals surface area contributed by atoms with Gasteiger partial charge in [0.1, 0.15) is 0 Å². The molecular formula is C12H15BF3NO3. The number of halogens is 3. The van der Waals surface area contributed by atoms with E-state index in [1.165, 1.54) is 0 Å². The van der Waals surface area contributed by atoms with Gasteiger partial charge < -0.3 is 15.4 Å². The summed E-state index contributed by atoms with van der Waals surface area (Å²) in [4.78, 5) is 12.0. The molecule has 110 valence electrons. The van der Waals surface area contributed by atoms with Crippen molar-refractivity contribution in [1.29, 1.82) is 0 Å². The van der Waals surface area contributed by atoms with Crippen molar-refractivity contribution in [3.8, 4) is 0 Å². The highest BCUT2D eigenvalue weighted by molar-refractivity contribution is 6.60. The molecule has 0 heterocycles. The lowest BCUT2D eigenvalue weighted by Gasteiger charge is -2.23. The van der Waals surface area contributed by atoms with Crippen LogP contribution in [0.3, 0.4) is 0 Å². The van der Waals surface area contributed by atoms with Crippen LogP contribution in [0.15, 0.2) is 18.2 Å². The van der Waals surface area contributed by atoms with Crippen LogP contribution in [0.5, 0.6) is 0 Å². The minimum atomic E-state index is -4.77. The van der Waals surface area contributed by atoms with E-state index in [-0.39, 0.29) is 0 Å². The zero-order valence-electron chi connectivity index (χ0n) is 11.2. The van der Waals surface area contributed by atoms with Gasteiger partial charge in [0.2, 0.25) is 0 Å². The van der Waals surface area contributed by atoms with Crippen molar-refractivity contribution < 1.29 is 28.0 Å². The predicted octanol–water partition coefficient (Wildman–Crippen LogP) is 0.913. The van der Waals surface area contributed by atoms with E-state index < -0.39 is 41.3 Å². The lowest BCUT2D eigenvalue weighted by molar-refractivity contribution is -0.137. The molecule has 0 spiro atoms. The molecule has 0 atom stereocenters. The first-order valence-corrected chi connectivity index (χ1v) is 5.82. The lowest BCUT2D eigenvalue weighted by Crippen LogP contribution is -2.46. The fourth-order valence-electron chi connectivity index (χ4n) is 1.68. The van der Waals surface area contributed by atoms with Gasteiger partial charge in [-0.1, -0.05) is 12.1 Å². The van der Waals surface area contributed by atoms with Crippen LogP contribution in [-0.4, -0.2) is 28.6 Å². The number of amides is 1. The molecule has 0 radical (unpaired) electrons. The predicted molar refractivity (Wildman–Crippen MR) is 68.5 cm³/mol. The van der Waals surface area contributed by atoms with Crippen molar-refractivity contribution in [2.24, 2.45) is 0 Å². The minimum Gasteiger partial charge on any atom is -0.423 e. The molecule has 0 aliphatic carbocycles. The van der Waals surface area contributed by atoms with Crippen LogP contribution in [-0.2, 0) is 6.18 Å². The Labute approximate surface area is 114 Å². The fraction of sp³-hybridized carbons (Fsp3) is 0.417. The molecule has 1 rings (SSSR count). The maximum atomic E-state index is 12.9. The van der Waals surface area contributed by atoms with Gasteiger partial charge in [0.25, 0.3) is 5.91 Å². The second-order valence-corrected chi connectivity index (χ2v) is 5.35. The first-order valence-electron chi connectivity index (χ1n) is 5.82. The van der Waals surface area contributed by atoms with E-state index >= 15 is 0 Å². The van der Waals surface area contributed by atoms with Crippen LogP contribution in [0.4, 0.5) is 13.2 Å². The minimum absolute atomic E-state index is 0.485. The third kappa shape index (κ3) is 3.98. The average molecular weight is 289 g/mol. The van der Waals surface area contributed by atoms with Crippen molar-refractivity contribution in [1.82, 2.24) is 5.32 Å². The molecule has 0 saturated heterocycles. The Morgan fingerprint density at radius 1 is 1.20 bits per heavy atom. The standard InChI is InChI=1S/C12H15BF3NO3/c1-11(2,3)17-10(18)9-7(12(14,15)16)5-4-6-8(9)13(19)20/h4-6,19-20H,1-3H3,(H,17,18). The van der Waals surface area contributed by atoms with Gasteiger partial charge in [-0.15, -0.1) is 0 Å². The molecule has 1 aromatic rings. The summed E-state index contributed by atoms with van der Waals surface area (Å²) in [6.07, 6.45) is -4.77. The topological polar surface area (TPSA) is 69.6 Å². The van der Waals surface area contributed by atoms with Gasteiger partial charge >= 0.3 is 13.3 Å². The largest absolute Gasteiger partial charge is 0.489 e. The van der Waals surface area contributed by atoms with Crippen molar-refractivity contribution in [2.45, 2.75) is 32.5 Å². The Kier molecular flexibility index (Phi) is 4.50. The number of carbonyl (C=O) groups is 1. The number of alkyl halides is 3. The van der Waals surface area contributed by atoms with Gasteiger partial charge in [-0.2, -0.15) is 13.2 Å². The first kappa shape index (κ1) is 16.5.